The molecule has 0 aliphatic rings. The third-order valence-corrected chi connectivity index (χ3v) is 2.17. The molecule has 0 spiro atoms. The highest BCUT2D eigenvalue weighted by atomic mass is 16.5. The predicted octanol–water partition coefficient (Wildman–Crippen LogP) is 2.58. The molecule has 0 fully saturated rings. The van der Waals surface area contributed by atoms with Gasteiger partial charge in [0.1, 0.15) is 12.4 Å². The van der Waals surface area contributed by atoms with Crippen LogP contribution in [-0.4, -0.2) is 19.7 Å². The summed E-state index contributed by atoms with van der Waals surface area (Å²) in [6.45, 7) is 5.74. The summed E-state index contributed by atoms with van der Waals surface area (Å²) in [6.07, 6.45) is 5.24. The van der Waals surface area contributed by atoms with E-state index in [1.807, 2.05) is 12.1 Å². The van der Waals surface area contributed by atoms with Crippen molar-refractivity contribution >= 4 is 0 Å². The van der Waals surface area contributed by atoms with Gasteiger partial charge in [-0.15, -0.1) is 0 Å². The van der Waals surface area contributed by atoms with E-state index in [9.17, 15) is 0 Å². The standard InChI is InChI=1S/C12H21NO2/c1-2-3-7-13-8-5-9-14-11-12-6-4-10-15-12/h4,6,10,13H,2-3,5,7-9,11H2,1H3. The Hall–Kier alpha value is -0.800. The first-order valence-corrected chi connectivity index (χ1v) is 5.74. The molecule has 1 aromatic heterocycles. The van der Waals surface area contributed by atoms with Crippen LogP contribution in [0.25, 0.3) is 0 Å². The number of ether oxygens (including phenoxy) is 1. The van der Waals surface area contributed by atoms with Gasteiger partial charge in [0.15, 0.2) is 0 Å². The number of hydrogen-bond acceptors (Lipinski definition) is 3. The number of hydrogen-bond donors (Lipinski definition) is 1. The van der Waals surface area contributed by atoms with E-state index in [1.54, 1.807) is 6.26 Å². The van der Waals surface area contributed by atoms with Crippen molar-refractivity contribution in [3.05, 3.63) is 24.2 Å². The van der Waals surface area contributed by atoms with Crippen LogP contribution >= 0.6 is 0 Å². The second-order valence-corrected chi connectivity index (χ2v) is 3.59. The van der Waals surface area contributed by atoms with E-state index in [0.29, 0.717) is 6.61 Å². The van der Waals surface area contributed by atoms with E-state index in [4.69, 9.17) is 9.15 Å². The van der Waals surface area contributed by atoms with Crippen molar-refractivity contribution in [3.63, 3.8) is 0 Å². The van der Waals surface area contributed by atoms with Gasteiger partial charge in [0.25, 0.3) is 0 Å². The van der Waals surface area contributed by atoms with Crippen molar-refractivity contribution < 1.29 is 9.15 Å². The molecule has 3 heteroatoms. The average molecular weight is 211 g/mol. The Morgan fingerprint density at radius 3 is 2.93 bits per heavy atom. The van der Waals surface area contributed by atoms with Crippen LogP contribution in [0.4, 0.5) is 0 Å². The lowest BCUT2D eigenvalue weighted by molar-refractivity contribution is 0.104. The highest BCUT2D eigenvalue weighted by molar-refractivity contribution is 4.95. The topological polar surface area (TPSA) is 34.4 Å². The fourth-order valence-corrected chi connectivity index (χ4v) is 1.29. The maximum absolute atomic E-state index is 5.45. The fourth-order valence-electron chi connectivity index (χ4n) is 1.29. The first-order valence-electron chi connectivity index (χ1n) is 5.74. The van der Waals surface area contributed by atoms with Gasteiger partial charge in [0, 0.05) is 6.61 Å². The maximum Gasteiger partial charge on any atom is 0.129 e. The van der Waals surface area contributed by atoms with Gasteiger partial charge < -0.3 is 14.5 Å². The van der Waals surface area contributed by atoms with Crippen LogP contribution in [0.1, 0.15) is 31.9 Å². The maximum atomic E-state index is 5.45. The first kappa shape index (κ1) is 12.3. The van der Waals surface area contributed by atoms with E-state index in [0.717, 1.165) is 31.9 Å². The molecule has 0 radical (unpaired) electrons. The number of unbranched alkanes of at least 4 members (excludes halogenated alkanes) is 1. The highest BCUT2D eigenvalue weighted by Crippen LogP contribution is 2.01. The summed E-state index contributed by atoms with van der Waals surface area (Å²) in [5.41, 5.74) is 0. The summed E-state index contributed by atoms with van der Waals surface area (Å²) in [5, 5.41) is 3.38. The zero-order valence-electron chi connectivity index (χ0n) is 9.50. The van der Waals surface area contributed by atoms with Crippen LogP contribution in [0.3, 0.4) is 0 Å². The third kappa shape index (κ3) is 6.31. The van der Waals surface area contributed by atoms with Crippen LogP contribution < -0.4 is 5.32 Å². The SMILES string of the molecule is CCCCNCCCOCc1ccco1. The van der Waals surface area contributed by atoms with Crippen LogP contribution in [0, 0.1) is 0 Å². The van der Waals surface area contributed by atoms with Gasteiger partial charge in [-0.2, -0.15) is 0 Å². The lowest BCUT2D eigenvalue weighted by atomic mass is 10.3. The van der Waals surface area contributed by atoms with E-state index >= 15 is 0 Å². The molecule has 1 aromatic rings. The fraction of sp³-hybridized carbons (Fsp3) is 0.667. The quantitative estimate of drug-likeness (QED) is 0.637. The molecule has 1 heterocycles. The molecule has 0 saturated carbocycles. The molecule has 1 N–H and O–H groups in total. The molecule has 0 unspecified atom stereocenters. The van der Waals surface area contributed by atoms with Gasteiger partial charge in [0.05, 0.1) is 6.26 Å². The molecule has 0 saturated heterocycles. The Morgan fingerprint density at radius 2 is 2.20 bits per heavy atom. The molecular formula is C12H21NO2. The summed E-state index contributed by atoms with van der Waals surface area (Å²) in [4.78, 5) is 0. The molecule has 0 bridgehead atoms. The van der Waals surface area contributed by atoms with E-state index < -0.39 is 0 Å². The summed E-state index contributed by atoms with van der Waals surface area (Å²) >= 11 is 0. The van der Waals surface area contributed by atoms with Crippen LogP contribution in [0.2, 0.25) is 0 Å². The molecule has 86 valence electrons. The third-order valence-electron chi connectivity index (χ3n) is 2.17. The van der Waals surface area contributed by atoms with Crippen molar-refractivity contribution in [1.82, 2.24) is 5.32 Å². The minimum atomic E-state index is 0.585. The Bertz CT molecular complexity index is 222. The average Bonchev–Trinajstić information content (AvgIpc) is 2.75. The van der Waals surface area contributed by atoms with Gasteiger partial charge in [-0.25, -0.2) is 0 Å². The molecule has 0 amide bonds. The highest BCUT2D eigenvalue weighted by Gasteiger charge is 1.94. The Morgan fingerprint density at radius 1 is 1.33 bits per heavy atom. The lowest BCUT2D eigenvalue weighted by Crippen LogP contribution is -2.17. The molecule has 15 heavy (non-hydrogen) atoms. The van der Waals surface area contributed by atoms with Crippen LogP contribution in [-0.2, 0) is 11.3 Å². The van der Waals surface area contributed by atoms with Crippen molar-refractivity contribution in [3.8, 4) is 0 Å². The zero-order chi connectivity index (χ0) is 10.8. The van der Waals surface area contributed by atoms with Crippen molar-refractivity contribution in [2.45, 2.75) is 32.8 Å². The van der Waals surface area contributed by atoms with Gasteiger partial charge >= 0.3 is 0 Å². The second-order valence-electron chi connectivity index (χ2n) is 3.59. The van der Waals surface area contributed by atoms with Crippen molar-refractivity contribution in [2.24, 2.45) is 0 Å². The predicted molar refractivity (Wildman–Crippen MR) is 60.8 cm³/mol. The first-order chi connectivity index (χ1) is 7.43. The minimum absolute atomic E-state index is 0.585. The molecule has 0 aliphatic heterocycles. The van der Waals surface area contributed by atoms with Gasteiger partial charge in [0.2, 0.25) is 0 Å². The van der Waals surface area contributed by atoms with Gasteiger partial charge in [-0.1, -0.05) is 13.3 Å². The molecule has 0 aliphatic carbocycles. The molecule has 0 aromatic carbocycles. The summed E-state index contributed by atoms with van der Waals surface area (Å²) in [6, 6.07) is 3.81. The van der Waals surface area contributed by atoms with Gasteiger partial charge in [-0.3, -0.25) is 0 Å². The van der Waals surface area contributed by atoms with Crippen LogP contribution in [0.15, 0.2) is 22.8 Å². The molecular weight excluding hydrogens is 190 g/mol. The number of nitrogens with one attached hydrogen (secondary N) is 1. The Kier molecular flexibility index (Phi) is 6.96. The molecule has 1 rings (SSSR count). The van der Waals surface area contributed by atoms with E-state index in [2.05, 4.69) is 12.2 Å². The summed E-state index contributed by atoms with van der Waals surface area (Å²) < 4.78 is 10.6. The lowest BCUT2D eigenvalue weighted by Gasteiger charge is -2.04. The Labute approximate surface area is 91.8 Å². The molecule has 0 atom stereocenters. The second kappa shape index (κ2) is 8.50. The summed E-state index contributed by atoms with van der Waals surface area (Å²) in [5.74, 6) is 0.897. The Balaban J connectivity index is 1.81. The van der Waals surface area contributed by atoms with Crippen molar-refractivity contribution in [2.75, 3.05) is 19.7 Å². The normalized spacial score (nSPS) is 10.7. The van der Waals surface area contributed by atoms with E-state index in [-0.39, 0.29) is 0 Å². The summed E-state index contributed by atoms with van der Waals surface area (Å²) in [7, 11) is 0. The van der Waals surface area contributed by atoms with E-state index in [1.165, 1.54) is 12.8 Å². The van der Waals surface area contributed by atoms with Crippen molar-refractivity contribution in [1.29, 1.82) is 0 Å². The number of furan rings is 1. The largest absolute Gasteiger partial charge is 0.467 e. The monoisotopic (exact) mass is 211 g/mol. The smallest absolute Gasteiger partial charge is 0.129 e. The van der Waals surface area contributed by atoms with Crippen LogP contribution in [0.5, 0.6) is 0 Å². The minimum Gasteiger partial charge on any atom is -0.467 e. The zero-order valence-corrected chi connectivity index (χ0v) is 9.50. The molecule has 3 nitrogen and oxygen atoms in total. The number of rotatable bonds is 9. The van der Waals surface area contributed by atoms with Gasteiger partial charge in [-0.05, 0) is 38.1 Å².